The van der Waals surface area contributed by atoms with Gasteiger partial charge in [-0.05, 0) is 24.6 Å². The van der Waals surface area contributed by atoms with Gasteiger partial charge in [-0.1, -0.05) is 28.1 Å². The van der Waals surface area contributed by atoms with Crippen LogP contribution in [0.1, 0.15) is 17.3 Å². The van der Waals surface area contributed by atoms with Gasteiger partial charge in [-0.2, -0.15) is 0 Å². The van der Waals surface area contributed by atoms with Gasteiger partial charge in [-0.15, -0.1) is 11.3 Å². The van der Waals surface area contributed by atoms with Crippen molar-refractivity contribution >= 4 is 37.5 Å². The molecule has 2 nitrogen and oxygen atoms in total. The van der Waals surface area contributed by atoms with Gasteiger partial charge >= 0.3 is 0 Å². The van der Waals surface area contributed by atoms with Crippen molar-refractivity contribution in [3.8, 4) is 0 Å². The average Bonchev–Trinajstić information content (AvgIpc) is 2.83. The van der Waals surface area contributed by atoms with E-state index < -0.39 is 0 Å². The number of halogens is 1. The van der Waals surface area contributed by atoms with Gasteiger partial charge in [0.2, 0.25) is 0 Å². The zero-order chi connectivity index (χ0) is 11.1. The summed E-state index contributed by atoms with van der Waals surface area (Å²) in [5.41, 5.74) is 6.94. The van der Waals surface area contributed by atoms with Crippen molar-refractivity contribution < 1.29 is 0 Å². The maximum atomic E-state index is 5.86. The quantitative estimate of drug-likeness (QED) is 0.819. The van der Waals surface area contributed by atoms with Gasteiger partial charge in [0.05, 0.1) is 10.2 Å². The molecular formula is C12H11BrN2S. The van der Waals surface area contributed by atoms with E-state index in [9.17, 15) is 0 Å². The van der Waals surface area contributed by atoms with Gasteiger partial charge in [0.25, 0.3) is 0 Å². The molecule has 1 aromatic carbocycles. The Bertz CT molecular complexity index is 561. The Morgan fingerprint density at radius 2 is 2.25 bits per heavy atom. The lowest BCUT2D eigenvalue weighted by Gasteiger charge is -2.03. The first-order valence-electron chi connectivity index (χ1n) is 5.22. The average molecular weight is 295 g/mol. The van der Waals surface area contributed by atoms with Crippen LogP contribution >= 0.6 is 27.3 Å². The Morgan fingerprint density at radius 1 is 1.38 bits per heavy atom. The van der Waals surface area contributed by atoms with Crippen molar-refractivity contribution in [3.05, 3.63) is 39.8 Å². The van der Waals surface area contributed by atoms with Crippen LogP contribution < -0.4 is 5.73 Å². The molecule has 0 radical (unpaired) electrons. The number of aromatic nitrogens is 1. The highest BCUT2D eigenvalue weighted by Crippen LogP contribution is 2.34. The summed E-state index contributed by atoms with van der Waals surface area (Å²) in [6.07, 6.45) is 5.24. The molecule has 2 unspecified atom stereocenters. The lowest BCUT2D eigenvalue weighted by atomic mass is 10.1. The largest absolute Gasteiger partial charge is 0.324 e. The minimum atomic E-state index is 0.198. The molecule has 0 amide bonds. The van der Waals surface area contributed by atoms with E-state index in [2.05, 4.69) is 45.2 Å². The maximum Gasteiger partial charge on any atom is 0.101 e. The van der Waals surface area contributed by atoms with Crippen molar-refractivity contribution in [2.75, 3.05) is 0 Å². The summed E-state index contributed by atoms with van der Waals surface area (Å²) < 4.78 is 2.34. The summed E-state index contributed by atoms with van der Waals surface area (Å²) >= 11 is 5.24. The van der Waals surface area contributed by atoms with Gasteiger partial charge in [0.1, 0.15) is 5.01 Å². The van der Waals surface area contributed by atoms with E-state index in [-0.39, 0.29) is 6.04 Å². The molecule has 3 rings (SSSR count). The van der Waals surface area contributed by atoms with Gasteiger partial charge in [0.15, 0.2) is 0 Å². The second-order valence-corrected chi connectivity index (χ2v) is 6.03. The molecule has 16 heavy (non-hydrogen) atoms. The van der Waals surface area contributed by atoms with Crippen molar-refractivity contribution in [2.24, 2.45) is 5.73 Å². The number of nitrogens with two attached hydrogens (primary N) is 1. The molecule has 0 aliphatic heterocycles. The topological polar surface area (TPSA) is 38.9 Å². The number of hydrogen-bond acceptors (Lipinski definition) is 3. The molecule has 0 fully saturated rings. The van der Waals surface area contributed by atoms with E-state index in [0.717, 1.165) is 16.4 Å². The normalized spacial score (nSPS) is 24.4. The third kappa shape index (κ3) is 1.81. The van der Waals surface area contributed by atoms with E-state index in [1.54, 1.807) is 11.3 Å². The minimum absolute atomic E-state index is 0.198. The monoisotopic (exact) mass is 294 g/mol. The smallest absolute Gasteiger partial charge is 0.101 e. The fourth-order valence-corrected chi connectivity index (χ4v) is 3.60. The van der Waals surface area contributed by atoms with Crippen LogP contribution in [0.4, 0.5) is 0 Å². The molecule has 1 aliphatic rings. The number of hydrogen-bond donors (Lipinski definition) is 1. The summed E-state index contributed by atoms with van der Waals surface area (Å²) in [6.45, 7) is 0. The second kappa shape index (κ2) is 3.95. The second-order valence-electron chi connectivity index (χ2n) is 4.06. The fourth-order valence-electron chi connectivity index (χ4n) is 1.99. The number of benzene rings is 1. The highest BCUT2D eigenvalue weighted by molar-refractivity contribution is 9.10. The van der Waals surface area contributed by atoms with Crippen LogP contribution in [-0.2, 0) is 0 Å². The third-order valence-electron chi connectivity index (χ3n) is 2.80. The van der Waals surface area contributed by atoms with Crippen LogP contribution in [-0.4, -0.2) is 11.0 Å². The highest BCUT2D eigenvalue weighted by Gasteiger charge is 2.20. The number of allylic oxidation sites excluding steroid dienone is 1. The summed E-state index contributed by atoms with van der Waals surface area (Å²) in [5, 5.41) is 1.18. The van der Waals surface area contributed by atoms with Crippen molar-refractivity contribution in [1.82, 2.24) is 4.98 Å². The summed E-state index contributed by atoms with van der Waals surface area (Å²) in [6, 6.07) is 6.40. The molecule has 0 bridgehead atoms. The van der Waals surface area contributed by atoms with Gasteiger partial charge in [0, 0.05) is 16.4 Å². The van der Waals surface area contributed by atoms with Crippen LogP contribution in [0.15, 0.2) is 34.8 Å². The van der Waals surface area contributed by atoms with E-state index in [1.165, 1.54) is 9.71 Å². The predicted molar refractivity (Wildman–Crippen MR) is 71.8 cm³/mol. The van der Waals surface area contributed by atoms with Crippen molar-refractivity contribution in [3.63, 3.8) is 0 Å². The zero-order valence-corrected chi connectivity index (χ0v) is 11.0. The highest BCUT2D eigenvalue weighted by atomic mass is 79.9. The molecule has 1 aromatic heterocycles. The maximum absolute atomic E-state index is 5.86. The van der Waals surface area contributed by atoms with E-state index in [0.29, 0.717) is 5.92 Å². The SMILES string of the molecule is NC1C=CC(c2nc3ccc(Br)cc3s2)C1. The van der Waals surface area contributed by atoms with Gasteiger partial charge in [-0.3, -0.25) is 0 Å². The Kier molecular flexibility index (Phi) is 2.58. The standard InChI is InChI=1S/C12H11BrN2S/c13-8-2-4-10-11(6-8)16-12(15-10)7-1-3-9(14)5-7/h1-4,6-7,9H,5,14H2. The first-order chi connectivity index (χ1) is 7.72. The molecule has 0 spiro atoms. The fraction of sp³-hybridized carbons (Fsp3) is 0.250. The number of nitrogens with zero attached hydrogens (tertiary/aromatic N) is 1. The lowest BCUT2D eigenvalue weighted by molar-refractivity contribution is 0.708. The molecule has 0 saturated carbocycles. The molecule has 0 saturated heterocycles. The van der Waals surface area contributed by atoms with Crippen molar-refractivity contribution in [2.45, 2.75) is 18.4 Å². The van der Waals surface area contributed by atoms with E-state index in [4.69, 9.17) is 5.73 Å². The van der Waals surface area contributed by atoms with Crippen LogP contribution in [0.3, 0.4) is 0 Å². The van der Waals surface area contributed by atoms with E-state index >= 15 is 0 Å². The molecule has 1 aliphatic carbocycles. The Hall–Kier alpha value is -0.710. The van der Waals surface area contributed by atoms with Crippen LogP contribution in [0.25, 0.3) is 10.2 Å². The van der Waals surface area contributed by atoms with Crippen molar-refractivity contribution in [1.29, 1.82) is 0 Å². The Morgan fingerprint density at radius 3 is 3.00 bits per heavy atom. The van der Waals surface area contributed by atoms with Gasteiger partial charge in [-0.25, -0.2) is 4.98 Å². The first-order valence-corrected chi connectivity index (χ1v) is 6.83. The summed E-state index contributed by atoms with van der Waals surface area (Å²) in [5.74, 6) is 0.408. The molecule has 2 N–H and O–H groups in total. The Balaban J connectivity index is 2.02. The molecular weight excluding hydrogens is 284 g/mol. The minimum Gasteiger partial charge on any atom is -0.324 e. The Labute approximate surface area is 106 Å². The lowest BCUT2D eigenvalue weighted by Crippen LogP contribution is -2.14. The number of rotatable bonds is 1. The molecule has 1 heterocycles. The molecule has 2 aromatic rings. The number of thiazole rings is 1. The summed E-state index contributed by atoms with van der Waals surface area (Å²) in [4.78, 5) is 4.66. The number of fused-ring (bicyclic) bond motifs is 1. The van der Waals surface area contributed by atoms with Crippen LogP contribution in [0.2, 0.25) is 0 Å². The zero-order valence-electron chi connectivity index (χ0n) is 8.56. The summed E-state index contributed by atoms with van der Waals surface area (Å²) in [7, 11) is 0. The van der Waals surface area contributed by atoms with Crippen LogP contribution in [0.5, 0.6) is 0 Å². The molecule has 2 atom stereocenters. The molecule has 82 valence electrons. The van der Waals surface area contributed by atoms with E-state index in [1.807, 2.05) is 6.07 Å². The first kappa shape index (κ1) is 10.4. The molecule has 4 heteroatoms. The third-order valence-corrected chi connectivity index (χ3v) is 4.44. The predicted octanol–water partition coefficient (Wildman–Crippen LogP) is 3.43. The van der Waals surface area contributed by atoms with Crippen LogP contribution in [0, 0.1) is 0 Å². The van der Waals surface area contributed by atoms with Gasteiger partial charge < -0.3 is 5.73 Å².